The zero-order valence-electron chi connectivity index (χ0n) is 9.69. The van der Waals surface area contributed by atoms with Gasteiger partial charge < -0.3 is 5.32 Å². The molecule has 2 rings (SSSR count). The van der Waals surface area contributed by atoms with Crippen LogP contribution >= 0.6 is 0 Å². The minimum absolute atomic E-state index is 0.00991. The van der Waals surface area contributed by atoms with Crippen molar-refractivity contribution in [3.8, 4) is 0 Å². The average molecular weight is 225 g/mol. The Hall–Kier alpha value is -0.960. The van der Waals surface area contributed by atoms with E-state index in [0.717, 1.165) is 0 Å². The number of benzene rings is 1. The topological polar surface area (TPSA) is 12.0 Å². The fraction of sp³-hybridized carbons (Fsp3) is 0.538. The summed E-state index contributed by atoms with van der Waals surface area (Å²) < 4.78 is 27.0. The lowest BCUT2D eigenvalue weighted by atomic mass is 9.99. The minimum Gasteiger partial charge on any atom is -0.313 e. The summed E-state index contributed by atoms with van der Waals surface area (Å²) in [5.74, 6) is -0.616. The van der Waals surface area contributed by atoms with Gasteiger partial charge in [-0.1, -0.05) is 6.92 Å². The molecule has 1 unspecified atom stereocenters. The van der Waals surface area contributed by atoms with Crippen LogP contribution in [0.2, 0.25) is 0 Å². The van der Waals surface area contributed by atoms with Gasteiger partial charge in [0.15, 0.2) is 0 Å². The van der Waals surface area contributed by atoms with E-state index in [1.54, 1.807) is 6.92 Å². The summed E-state index contributed by atoms with van der Waals surface area (Å²) in [6, 6.07) is 3.20. The molecule has 1 atom stereocenters. The van der Waals surface area contributed by atoms with Crippen molar-refractivity contribution < 1.29 is 8.78 Å². The van der Waals surface area contributed by atoms with Gasteiger partial charge in [0.05, 0.1) is 0 Å². The molecule has 0 spiro atoms. The van der Waals surface area contributed by atoms with Crippen LogP contribution in [0.5, 0.6) is 0 Å². The van der Waals surface area contributed by atoms with Crippen LogP contribution in [0, 0.1) is 18.6 Å². The van der Waals surface area contributed by atoms with E-state index in [4.69, 9.17) is 0 Å². The first kappa shape index (κ1) is 11.5. The van der Waals surface area contributed by atoms with Crippen LogP contribution in [0.25, 0.3) is 0 Å². The average Bonchev–Trinajstić information content (AvgIpc) is 3.03. The summed E-state index contributed by atoms with van der Waals surface area (Å²) in [5, 5.41) is 3.33. The van der Waals surface area contributed by atoms with Crippen molar-refractivity contribution in [3.05, 3.63) is 34.9 Å². The van der Waals surface area contributed by atoms with Crippen molar-refractivity contribution in [2.24, 2.45) is 0 Å². The maximum absolute atomic E-state index is 13.6. The molecular formula is C13H17F2N. The molecule has 88 valence electrons. The first-order valence-electron chi connectivity index (χ1n) is 5.77. The largest absolute Gasteiger partial charge is 0.313 e. The molecule has 0 aliphatic heterocycles. The van der Waals surface area contributed by atoms with Gasteiger partial charge in [-0.2, -0.15) is 0 Å². The summed E-state index contributed by atoms with van der Waals surface area (Å²) in [7, 11) is 0. The lowest BCUT2D eigenvalue weighted by Gasteiger charge is -2.14. The molecule has 1 nitrogen and oxygen atoms in total. The number of hydrogen-bond donors (Lipinski definition) is 1. The Morgan fingerprint density at radius 1 is 1.31 bits per heavy atom. The second-order valence-corrected chi connectivity index (χ2v) is 4.71. The quantitative estimate of drug-likeness (QED) is 0.830. The highest BCUT2D eigenvalue weighted by Crippen LogP contribution is 2.24. The summed E-state index contributed by atoms with van der Waals surface area (Å²) >= 11 is 0. The molecule has 1 aromatic rings. The predicted octanol–water partition coefficient (Wildman–Crippen LogP) is 3.13. The van der Waals surface area contributed by atoms with Crippen LogP contribution in [-0.2, 0) is 0 Å². The Bertz CT molecular complexity index is 386. The third kappa shape index (κ3) is 2.59. The molecule has 1 aliphatic carbocycles. The SMILES string of the molecule is Cc1cc(F)c(C(C)CNC2CC2)cc1F. The van der Waals surface area contributed by atoms with Gasteiger partial charge in [0, 0.05) is 12.6 Å². The van der Waals surface area contributed by atoms with Gasteiger partial charge in [-0.05, 0) is 48.9 Å². The van der Waals surface area contributed by atoms with Crippen molar-refractivity contribution >= 4 is 0 Å². The summed E-state index contributed by atoms with van der Waals surface area (Å²) in [6.45, 7) is 4.21. The standard InChI is InChI=1S/C13H17F2N/c1-8-5-13(15)11(6-12(8)14)9(2)7-16-10-3-4-10/h5-6,9-10,16H,3-4,7H2,1-2H3. The first-order chi connectivity index (χ1) is 7.58. The van der Waals surface area contributed by atoms with E-state index >= 15 is 0 Å². The Kier molecular flexibility index (Phi) is 3.24. The van der Waals surface area contributed by atoms with Gasteiger partial charge in [-0.3, -0.25) is 0 Å². The summed E-state index contributed by atoms with van der Waals surface area (Å²) in [6.07, 6.45) is 2.41. The zero-order chi connectivity index (χ0) is 11.7. The maximum Gasteiger partial charge on any atom is 0.127 e. The first-order valence-corrected chi connectivity index (χ1v) is 5.77. The molecule has 3 heteroatoms. The van der Waals surface area contributed by atoms with Gasteiger partial charge in [-0.15, -0.1) is 0 Å². The van der Waals surface area contributed by atoms with Gasteiger partial charge in [0.25, 0.3) is 0 Å². The van der Waals surface area contributed by atoms with Gasteiger partial charge in [0.1, 0.15) is 11.6 Å². The smallest absolute Gasteiger partial charge is 0.127 e. The summed E-state index contributed by atoms with van der Waals surface area (Å²) in [4.78, 5) is 0. The number of hydrogen-bond acceptors (Lipinski definition) is 1. The molecule has 0 radical (unpaired) electrons. The van der Waals surface area contributed by atoms with E-state index in [1.807, 2.05) is 6.92 Å². The number of halogens is 2. The van der Waals surface area contributed by atoms with E-state index in [-0.39, 0.29) is 17.6 Å². The molecular weight excluding hydrogens is 208 g/mol. The highest BCUT2D eigenvalue weighted by Gasteiger charge is 2.22. The molecule has 0 aromatic heterocycles. The Morgan fingerprint density at radius 2 is 2.00 bits per heavy atom. The second kappa shape index (κ2) is 4.50. The molecule has 1 aliphatic rings. The Morgan fingerprint density at radius 3 is 2.62 bits per heavy atom. The van der Waals surface area contributed by atoms with E-state index in [0.29, 0.717) is 23.7 Å². The Balaban J connectivity index is 2.08. The highest BCUT2D eigenvalue weighted by atomic mass is 19.1. The van der Waals surface area contributed by atoms with Crippen LogP contribution < -0.4 is 5.32 Å². The fourth-order valence-corrected chi connectivity index (χ4v) is 1.78. The normalized spacial score (nSPS) is 17.5. The maximum atomic E-state index is 13.6. The number of rotatable bonds is 4. The van der Waals surface area contributed by atoms with Crippen LogP contribution in [0.15, 0.2) is 12.1 Å². The van der Waals surface area contributed by atoms with Gasteiger partial charge >= 0.3 is 0 Å². The zero-order valence-corrected chi connectivity index (χ0v) is 9.69. The second-order valence-electron chi connectivity index (χ2n) is 4.71. The minimum atomic E-state index is -0.324. The predicted molar refractivity (Wildman–Crippen MR) is 60.5 cm³/mol. The van der Waals surface area contributed by atoms with Gasteiger partial charge in [0.2, 0.25) is 0 Å². The van der Waals surface area contributed by atoms with E-state index in [1.165, 1.54) is 25.0 Å². The van der Waals surface area contributed by atoms with Crippen LogP contribution in [0.3, 0.4) is 0 Å². The number of aryl methyl sites for hydroxylation is 1. The number of nitrogens with one attached hydrogen (secondary N) is 1. The molecule has 1 aromatic carbocycles. The third-order valence-corrected chi connectivity index (χ3v) is 3.10. The highest BCUT2D eigenvalue weighted by molar-refractivity contribution is 5.28. The molecule has 0 bridgehead atoms. The lowest BCUT2D eigenvalue weighted by molar-refractivity contribution is 0.543. The van der Waals surface area contributed by atoms with Crippen LogP contribution in [0.1, 0.15) is 36.8 Å². The molecule has 1 saturated carbocycles. The van der Waals surface area contributed by atoms with E-state index < -0.39 is 0 Å². The molecule has 0 amide bonds. The Labute approximate surface area is 94.9 Å². The van der Waals surface area contributed by atoms with Crippen molar-refractivity contribution in [1.29, 1.82) is 0 Å². The van der Waals surface area contributed by atoms with Crippen LogP contribution in [-0.4, -0.2) is 12.6 Å². The van der Waals surface area contributed by atoms with Gasteiger partial charge in [-0.25, -0.2) is 8.78 Å². The van der Waals surface area contributed by atoms with Crippen molar-refractivity contribution in [3.63, 3.8) is 0 Å². The lowest BCUT2D eigenvalue weighted by Crippen LogP contribution is -2.22. The monoisotopic (exact) mass is 225 g/mol. The van der Waals surface area contributed by atoms with Crippen molar-refractivity contribution in [2.45, 2.75) is 38.6 Å². The molecule has 1 fully saturated rings. The molecule has 0 saturated heterocycles. The van der Waals surface area contributed by atoms with E-state index in [9.17, 15) is 8.78 Å². The van der Waals surface area contributed by atoms with Crippen molar-refractivity contribution in [1.82, 2.24) is 5.32 Å². The summed E-state index contributed by atoms with van der Waals surface area (Å²) in [5.41, 5.74) is 0.833. The van der Waals surface area contributed by atoms with Crippen LogP contribution in [0.4, 0.5) is 8.78 Å². The third-order valence-electron chi connectivity index (χ3n) is 3.10. The van der Waals surface area contributed by atoms with Crippen molar-refractivity contribution in [2.75, 3.05) is 6.54 Å². The molecule has 0 heterocycles. The fourth-order valence-electron chi connectivity index (χ4n) is 1.78. The molecule has 16 heavy (non-hydrogen) atoms. The molecule has 1 N–H and O–H groups in total. The van der Waals surface area contributed by atoms with E-state index in [2.05, 4.69) is 5.32 Å².